The van der Waals surface area contributed by atoms with E-state index in [0.29, 0.717) is 27.4 Å². The van der Waals surface area contributed by atoms with Crippen LogP contribution in [-0.4, -0.2) is 16.4 Å². The molecule has 1 aromatic heterocycles. The maximum absolute atomic E-state index is 12.8. The number of hydrogen-bond donors (Lipinski definition) is 2. The summed E-state index contributed by atoms with van der Waals surface area (Å²) >= 11 is 5.97. The Kier molecular flexibility index (Phi) is 5.06. The third-order valence-corrected chi connectivity index (χ3v) is 4.76. The molecular formula is C21H20ClN3O2. The van der Waals surface area contributed by atoms with E-state index in [2.05, 4.69) is 5.32 Å². The second kappa shape index (κ2) is 7.29. The lowest BCUT2D eigenvalue weighted by Gasteiger charge is -2.11. The number of carbonyl (C=O) groups excluding carboxylic acids is 2. The number of nitrogens with one attached hydrogen (secondary N) is 1. The molecule has 0 spiro atoms. The number of rotatable bonds is 4. The van der Waals surface area contributed by atoms with E-state index >= 15 is 0 Å². The number of nitrogens with two attached hydrogens (primary N) is 1. The summed E-state index contributed by atoms with van der Waals surface area (Å²) in [5.74, 6) is -0.702. The summed E-state index contributed by atoms with van der Waals surface area (Å²) in [5, 5.41) is 3.54. The molecule has 0 saturated carbocycles. The number of benzene rings is 2. The van der Waals surface area contributed by atoms with Crippen molar-refractivity contribution in [1.82, 2.24) is 4.57 Å². The van der Waals surface area contributed by atoms with Crippen LogP contribution in [0.4, 0.5) is 5.69 Å². The lowest BCUT2D eigenvalue weighted by molar-refractivity contribution is 0.0997. The first-order valence-electron chi connectivity index (χ1n) is 8.44. The van der Waals surface area contributed by atoms with Gasteiger partial charge in [-0.15, -0.1) is 0 Å². The molecule has 27 heavy (non-hydrogen) atoms. The van der Waals surface area contributed by atoms with Crippen molar-refractivity contribution in [2.24, 2.45) is 5.73 Å². The van der Waals surface area contributed by atoms with Crippen molar-refractivity contribution in [1.29, 1.82) is 0 Å². The lowest BCUT2D eigenvalue weighted by Crippen LogP contribution is -2.15. The predicted molar refractivity (Wildman–Crippen MR) is 108 cm³/mol. The Balaban J connectivity index is 1.90. The largest absolute Gasteiger partial charge is 0.366 e. The third kappa shape index (κ3) is 3.73. The number of halogens is 1. The van der Waals surface area contributed by atoms with Gasteiger partial charge in [0.25, 0.3) is 5.91 Å². The summed E-state index contributed by atoms with van der Waals surface area (Å²) in [6.07, 6.45) is 0. The molecule has 1 heterocycles. The normalized spacial score (nSPS) is 10.7. The highest BCUT2D eigenvalue weighted by atomic mass is 35.5. The van der Waals surface area contributed by atoms with Crippen LogP contribution >= 0.6 is 11.6 Å². The van der Waals surface area contributed by atoms with Gasteiger partial charge in [0.05, 0.1) is 5.56 Å². The number of anilines is 1. The zero-order valence-corrected chi connectivity index (χ0v) is 16.1. The molecule has 0 aliphatic carbocycles. The van der Waals surface area contributed by atoms with Crippen molar-refractivity contribution in [2.75, 3.05) is 5.32 Å². The van der Waals surface area contributed by atoms with E-state index in [4.69, 9.17) is 17.3 Å². The first-order chi connectivity index (χ1) is 12.8. The zero-order valence-electron chi connectivity index (χ0n) is 15.3. The molecule has 3 N–H and O–H groups in total. The summed E-state index contributed by atoms with van der Waals surface area (Å²) in [5.41, 5.74) is 10.4. The second-order valence-electron chi connectivity index (χ2n) is 6.44. The monoisotopic (exact) mass is 381 g/mol. The number of nitrogens with zero attached hydrogens (tertiary/aromatic N) is 1. The lowest BCUT2D eigenvalue weighted by atomic mass is 10.1. The Morgan fingerprint density at radius 2 is 1.63 bits per heavy atom. The number of primary amides is 1. The first kappa shape index (κ1) is 18.7. The molecule has 6 heteroatoms. The molecule has 3 aromatic rings. The number of carbonyl (C=O) groups is 2. The molecule has 3 rings (SSSR count). The molecule has 0 bridgehead atoms. The first-order valence-corrected chi connectivity index (χ1v) is 8.82. The molecule has 2 aromatic carbocycles. The molecule has 0 radical (unpaired) electrons. The summed E-state index contributed by atoms with van der Waals surface area (Å²) < 4.78 is 2.01. The molecule has 0 aliphatic rings. The highest BCUT2D eigenvalue weighted by Crippen LogP contribution is 2.23. The Morgan fingerprint density at radius 3 is 2.22 bits per heavy atom. The van der Waals surface area contributed by atoms with Crippen molar-refractivity contribution in [3.05, 3.63) is 81.6 Å². The van der Waals surface area contributed by atoms with Gasteiger partial charge in [-0.05, 0) is 74.9 Å². The molecule has 0 fully saturated rings. The van der Waals surface area contributed by atoms with Gasteiger partial charge in [-0.2, -0.15) is 0 Å². The summed E-state index contributed by atoms with van der Waals surface area (Å²) in [4.78, 5) is 24.1. The van der Waals surface area contributed by atoms with Gasteiger partial charge in [-0.1, -0.05) is 11.6 Å². The van der Waals surface area contributed by atoms with Gasteiger partial charge in [0.15, 0.2) is 0 Å². The smallest absolute Gasteiger partial charge is 0.257 e. The van der Waals surface area contributed by atoms with Crippen LogP contribution in [0, 0.1) is 20.8 Å². The van der Waals surface area contributed by atoms with Gasteiger partial charge in [0, 0.05) is 33.3 Å². The molecule has 0 aliphatic heterocycles. The standard InChI is InChI=1S/C21H20ClN3O2/c1-12-10-16(6-9-18(12)20(23)26)24-21(27)19-11-13(2)25(14(19)3)17-7-4-15(22)5-8-17/h4-11H,1-3H3,(H2,23,26)(H,24,27). The topological polar surface area (TPSA) is 77.1 Å². The fraction of sp³-hybridized carbons (Fsp3) is 0.143. The predicted octanol–water partition coefficient (Wildman–Crippen LogP) is 4.41. The molecule has 2 amide bonds. The minimum absolute atomic E-state index is 0.213. The summed E-state index contributed by atoms with van der Waals surface area (Å²) in [6, 6.07) is 14.3. The minimum Gasteiger partial charge on any atom is -0.366 e. The van der Waals surface area contributed by atoms with Gasteiger partial charge in [0.1, 0.15) is 0 Å². The van der Waals surface area contributed by atoms with Crippen LogP contribution in [0.2, 0.25) is 5.02 Å². The Labute approximate surface area is 162 Å². The molecule has 0 atom stereocenters. The molecule has 5 nitrogen and oxygen atoms in total. The van der Waals surface area contributed by atoms with Crippen LogP contribution in [0.15, 0.2) is 48.5 Å². The van der Waals surface area contributed by atoms with Crippen molar-refractivity contribution < 1.29 is 9.59 Å². The fourth-order valence-electron chi connectivity index (χ4n) is 3.20. The summed E-state index contributed by atoms with van der Waals surface area (Å²) in [7, 11) is 0. The Hall–Kier alpha value is -3.05. The average Bonchev–Trinajstić information content (AvgIpc) is 2.90. The maximum Gasteiger partial charge on any atom is 0.257 e. The number of aryl methyl sites for hydroxylation is 2. The van der Waals surface area contributed by atoms with E-state index in [0.717, 1.165) is 17.1 Å². The van der Waals surface area contributed by atoms with Crippen LogP contribution in [0.25, 0.3) is 5.69 Å². The van der Waals surface area contributed by atoms with Crippen molar-refractivity contribution >= 4 is 29.1 Å². The van der Waals surface area contributed by atoms with Gasteiger partial charge < -0.3 is 15.6 Å². The van der Waals surface area contributed by atoms with Crippen LogP contribution in [-0.2, 0) is 0 Å². The van der Waals surface area contributed by atoms with Crippen LogP contribution < -0.4 is 11.1 Å². The van der Waals surface area contributed by atoms with Crippen LogP contribution in [0.5, 0.6) is 0 Å². The van der Waals surface area contributed by atoms with E-state index in [-0.39, 0.29) is 5.91 Å². The van der Waals surface area contributed by atoms with Gasteiger partial charge >= 0.3 is 0 Å². The van der Waals surface area contributed by atoms with E-state index in [1.54, 1.807) is 25.1 Å². The number of hydrogen-bond acceptors (Lipinski definition) is 2. The highest BCUT2D eigenvalue weighted by molar-refractivity contribution is 6.30. The Bertz CT molecular complexity index is 1040. The molecule has 138 valence electrons. The fourth-order valence-corrected chi connectivity index (χ4v) is 3.32. The Morgan fingerprint density at radius 1 is 0.963 bits per heavy atom. The van der Waals surface area contributed by atoms with Crippen LogP contribution in [0.1, 0.15) is 37.7 Å². The molecule has 0 saturated heterocycles. The maximum atomic E-state index is 12.8. The number of amides is 2. The second-order valence-corrected chi connectivity index (χ2v) is 6.88. The SMILES string of the molecule is Cc1cc(NC(=O)c2cc(C)n(-c3ccc(Cl)cc3)c2C)ccc1C(N)=O. The van der Waals surface area contributed by atoms with Crippen molar-refractivity contribution in [3.63, 3.8) is 0 Å². The van der Waals surface area contributed by atoms with Gasteiger partial charge in [-0.25, -0.2) is 0 Å². The zero-order chi connectivity index (χ0) is 19.7. The number of aromatic nitrogens is 1. The van der Waals surface area contributed by atoms with Crippen LogP contribution in [0.3, 0.4) is 0 Å². The van der Waals surface area contributed by atoms with E-state index in [1.165, 1.54) is 0 Å². The average molecular weight is 382 g/mol. The van der Waals surface area contributed by atoms with E-state index < -0.39 is 5.91 Å². The van der Waals surface area contributed by atoms with Gasteiger partial charge in [-0.3, -0.25) is 9.59 Å². The molecular weight excluding hydrogens is 362 g/mol. The summed E-state index contributed by atoms with van der Waals surface area (Å²) in [6.45, 7) is 5.63. The van der Waals surface area contributed by atoms with Crippen molar-refractivity contribution in [2.45, 2.75) is 20.8 Å². The van der Waals surface area contributed by atoms with Crippen molar-refractivity contribution in [3.8, 4) is 5.69 Å². The molecule has 0 unspecified atom stereocenters. The van der Waals surface area contributed by atoms with E-state index in [9.17, 15) is 9.59 Å². The highest BCUT2D eigenvalue weighted by Gasteiger charge is 2.17. The quantitative estimate of drug-likeness (QED) is 0.702. The van der Waals surface area contributed by atoms with Gasteiger partial charge in [0.2, 0.25) is 5.91 Å². The van der Waals surface area contributed by atoms with E-state index in [1.807, 2.05) is 48.7 Å². The minimum atomic E-state index is -0.489. The third-order valence-electron chi connectivity index (χ3n) is 4.51.